The second-order valence-electron chi connectivity index (χ2n) is 4.34. The fraction of sp³-hybridized carbons (Fsp3) is 0.0625. The quantitative estimate of drug-likeness (QED) is 0.606. The molecule has 1 aromatic heterocycles. The van der Waals surface area contributed by atoms with Crippen LogP contribution < -0.4 is 4.74 Å². The summed E-state index contributed by atoms with van der Waals surface area (Å²) in [4.78, 5) is 4.41. The molecule has 0 spiro atoms. The molecule has 3 aromatic rings. The summed E-state index contributed by atoms with van der Waals surface area (Å²) >= 11 is 12.8. The van der Waals surface area contributed by atoms with E-state index in [1.165, 1.54) is 0 Å². The third-order valence-corrected chi connectivity index (χ3v) is 3.81. The van der Waals surface area contributed by atoms with Crippen LogP contribution in [0, 0.1) is 0 Å². The summed E-state index contributed by atoms with van der Waals surface area (Å²) in [6.45, 7) is 0. The average Bonchev–Trinajstić information content (AvgIpc) is 2.48. The highest BCUT2D eigenvalue weighted by molar-refractivity contribution is 6.42. The Bertz CT molecular complexity index is 772. The highest BCUT2D eigenvalue weighted by atomic mass is 35.5. The fourth-order valence-corrected chi connectivity index (χ4v) is 2.85. The number of methoxy groups -OCH3 is 1. The lowest BCUT2D eigenvalue weighted by Crippen LogP contribution is -1.90. The Morgan fingerprint density at radius 1 is 1.00 bits per heavy atom. The molecule has 0 aliphatic carbocycles. The first-order valence-corrected chi connectivity index (χ1v) is 6.84. The van der Waals surface area contributed by atoms with Gasteiger partial charge in [-0.05, 0) is 23.8 Å². The van der Waals surface area contributed by atoms with E-state index in [2.05, 4.69) is 4.98 Å². The normalized spacial score (nSPS) is 10.8. The van der Waals surface area contributed by atoms with Crippen molar-refractivity contribution < 1.29 is 4.74 Å². The minimum Gasteiger partial charge on any atom is -0.497 e. The molecule has 0 fully saturated rings. The number of rotatable bonds is 2. The number of aromatic nitrogens is 1. The van der Waals surface area contributed by atoms with Gasteiger partial charge in [0.1, 0.15) is 10.9 Å². The van der Waals surface area contributed by atoms with Crippen molar-refractivity contribution in [2.45, 2.75) is 0 Å². The van der Waals surface area contributed by atoms with Gasteiger partial charge in [-0.25, -0.2) is 4.98 Å². The van der Waals surface area contributed by atoms with Gasteiger partial charge >= 0.3 is 0 Å². The largest absolute Gasteiger partial charge is 0.497 e. The van der Waals surface area contributed by atoms with Crippen molar-refractivity contribution in [3.63, 3.8) is 0 Å². The van der Waals surface area contributed by atoms with E-state index in [9.17, 15) is 0 Å². The van der Waals surface area contributed by atoms with Crippen molar-refractivity contribution in [2.24, 2.45) is 0 Å². The number of pyridine rings is 1. The van der Waals surface area contributed by atoms with Gasteiger partial charge in [-0.15, -0.1) is 0 Å². The summed E-state index contributed by atoms with van der Waals surface area (Å²) in [5.41, 5.74) is 2.44. The van der Waals surface area contributed by atoms with E-state index >= 15 is 0 Å². The highest BCUT2D eigenvalue weighted by Crippen LogP contribution is 2.39. The fourth-order valence-electron chi connectivity index (χ4n) is 2.15. The minimum absolute atomic E-state index is 0.402. The molecule has 4 heteroatoms. The molecule has 0 radical (unpaired) electrons. The molecule has 100 valence electrons. The first-order chi connectivity index (χ1) is 9.70. The Hall–Kier alpha value is -1.77. The molecule has 2 nitrogen and oxygen atoms in total. The zero-order chi connectivity index (χ0) is 14.1. The van der Waals surface area contributed by atoms with Crippen LogP contribution in [0.5, 0.6) is 5.75 Å². The zero-order valence-corrected chi connectivity index (χ0v) is 12.2. The van der Waals surface area contributed by atoms with Gasteiger partial charge in [0.2, 0.25) is 0 Å². The lowest BCUT2D eigenvalue weighted by Gasteiger charge is -2.11. The van der Waals surface area contributed by atoms with Crippen LogP contribution in [0.25, 0.3) is 22.0 Å². The number of ether oxygens (including phenoxy) is 1. The molecule has 1 heterocycles. The summed E-state index contributed by atoms with van der Waals surface area (Å²) in [6.07, 6.45) is 0. The molecule has 0 saturated heterocycles. The van der Waals surface area contributed by atoms with Crippen LogP contribution in [-0.2, 0) is 0 Å². The number of hydrogen-bond acceptors (Lipinski definition) is 2. The second kappa shape index (κ2) is 5.31. The van der Waals surface area contributed by atoms with Gasteiger partial charge < -0.3 is 4.74 Å². The molecule has 0 aliphatic rings. The topological polar surface area (TPSA) is 22.1 Å². The maximum atomic E-state index is 6.53. The summed E-state index contributed by atoms with van der Waals surface area (Å²) in [5.74, 6) is 0.738. The molecule has 0 saturated carbocycles. The number of hydrogen-bond donors (Lipinski definition) is 0. The SMILES string of the molecule is COc1ccc2nc(Cl)c(-c3ccccc3)c(Cl)c2c1. The smallest absolute Gasteiger partial charge is 0.139 e. The molecule has 0 N–H and O–H groups in total. The molecule has 0 unspecified atom stereocenters. The molecule has 0 aliphatic heterocycles. The lowest BCUT2D eigenvalue weighted by atomic mass is 10.1. The van der Waals surface area contributed by atoms with Gasteiger partial charge in [-0.3, -0.25) is 0 Å². The van der Waals surface area contributed by atoms with E-state index < -0.39 is 0 Å². The molecular formula is C16H11Cl2NO. The molecule has 2 aromatic carbocycles. The van der Waals surface area contributed by atoms with Crippen LogP contribution in [0.2, 0.25) is 10.2 Å². The average molecular weight is 304 g/mol. The summed E-state index contributed by atoms with van der Waals surface area (Å²) in [6, 6.07) is 15.3. The van der Waals surface area contributed by atoms with Crippen molar-refractivity contribution in [2.75, 3.05) is 7.11 Å². The monoisotopic (exact) mass is 303 g/mol. The van der Waals surface area contributed by atoms with Gasteiger partial charge in [0.05, 0.1) is 17.6 Å². The van der Waals surface area contributed by atoms with Gasteiger partial charge in [-0.2, -0.15) is 0 Å². The van der Waals surface area contributed by atoms with E-state index in [-0.39, 0.29) is 0 Å². The van der Waals surface area contributed by atoms with Crippen LogP contribution >= 0.6 is 23.2 Å². The van der Waals surface area contributed by atoms with Gasteiger partial charge in [0.25, 0.3) is 0 Å². The Balaban J connectivity index is 2.33. The van der Waals surface area contributed by atoms with Crippen molar-refractivity contribution in [1.82, 2.24) is 4.98 Å². The number of fused-ring (bicyclic) bond motifs is 1. The first kappa shape index (κ1) is 13.2. The number of benzene rings is 2. The van der Waals surface area contributed by atoms with Crippen molar-refractivity contribution >= 4 is 34.1 Å². The van der Waals surface area contributed by atoms with Gasteiger partial charge in [0, 0.05) is 10.9 Å². The Kier molecular flexibility index (Phi) is 3.51. The summed E-state index contributed by atoms with van der Waals surface area (Å²) in [5, 5.41) is 1.82. The summed E-state index contributed by atoms with van der Waals surface area (Å²) in [7, 11) is 1.62. The van der Waals surface area contributed by atoms with Crippen LogP contribution in [0.4, 0.5) is 0 Å². The summed E-state index contributed by atoms with van der Waals surface area (Å²) < 4.78 is 5.23. The molecular weight excluding hydrogens is 293 g/mol. The highest BCUT2D eigenvalue weighted by Gasteiger charge is 2.14. The lowest BCUT2D eigenvalue weighted by molar-refractivity contribution is 0.415. The van der Waals surface area contributed by atoms with Crippen molar-refractivity contribution in [3.05, 3.63) is 58.7 Å². The van der Waals surface area contributed by atoms with E-state index in [1.54, 1.807) is 7.11 Å². The maximum absolute atomic E-state index is 6.53. The van der Waals surface area contributed by atoms with E-state index in [0.29, 0.717) is 10.2 Å². The Morgan fingerprint density at radius 3 is 2.45 bits per heavy atom. The van der Waals surface area contributed by atoms with Crippen LogP contribution in [-0.4, -0.2) is 12.1 Å². The maximum Gasteiger partial charge on any atom is 0.139 e. The predicted molar refractivity (Wildman–Crippen MR) is 83.8 cm³/mol. The van der Waals surface area contributed by atoms with Gasteiger partial charge in [-0.1, -0.05) is 53.5 Å². The van der Waals surface area contributed by atoms with Gasteiger partial charge in [0.15, 0.2) is 0 Å². The second-order valence-corrected chi connectivity index (χ2v) is 5.08. The van der Waals surface area contributed by atoms with Crippen LogP contribution in [0.1, 0.15) is 0 Å². The predicted octanol–water partition coefficient (Wildman–Crippen LogP) is 5.22. The molecule has 0 amide bonds. The first-order valence-electron chi connectivity index (χ1n) is 6.09. The molecule has 3 rings (SSSR count). The van der Waals surface area contributed by atoms with E-state index in [1.807, 2.05) is 48.5 Å². The van der Waals surface area contributed by atoms with Crippen LogP contribution in [0.15, 0.2) is 48.5 Å². The van der Waals surface area contributed by atoms with Crippen molar-refractivity contribution in [3.8, 4) is 16.9 Å². The van der Waals surface area contributed by atoms with Crippen molar-refractivity contribution in [1.29, 1.82) is 0 Å². The third-order valence-electron chi connectivity index (χ3n) is 3.15. The standard InChI is InChI=1S/C16H11Cl2NO/c1-20-11-7-8-13-12(9-11)15(17)14(16(18)19-13)10-5-3-2-4-6-10/h2-9H,1H3. The zero-order valence-electron chi connectivity index (χ0n) is 10.7. The Labute approximate surface area is 126 Å². The van der Waals surface area contributed by atoms with E-state index in [0.717, 1.165) is 27.8 Å². The number of halogens is 2. The van der Waals surface area contributed by atoms with Crippen LogP contribution in [0.3, 0.4) is 0 Å². The molecule has 0 bridgehead atoms. The molecule has 0 atom stereocenters. The Morgan fingerprint density at radius 2 is 1.75 bits per heavy atom. The third kappa shape index (κ3) is 2.21. The molecule has 20 heavy (non-hydrogen) atoms. The minimum atomic E-state index is 0.402. The number of nitrogens with zero attached hydrogens (tertiary/aromatic N) is 1. The van der Waals surface area contributed by atoms with E-state index in [4.69, 9.17) is 27.9 Å².